The van der Waals surface area contributed by atoms with Crippen LogP contribution >= 0.6 is 0 Å². The number of aliphatic hydroxyl groups is 1. The summed E-state index contributed by atoms with van der Waals surface area (Å²) in [7, 11) is -8.34. The number of aliphatic hydroxyl groups excluding tert-OH is 1. The number of Topliss-reactive ketones (excluding diaryl/α,β-unsaturated/α-hetero) is 1. The molecule has 0 aromatic heterocycles. The SMILES string of the molecule is CCC[N+](CCCC(=O)OCC)=C1C=CC(C2C(=O)C(c3ccc(N(CCCS(=O)(=O)O)CCCS(=O)(=O)O)cc3)=C2O)C=C1. The topological polar surface area (TPSA) is 179 Å². The number of hydrogen-bond acceptors (Lipinski definition) is 9. The first kappa shape index (κ1) is 36.1. The summed E-state index contributed by atoms with van der Waals surface area (Å²) in [6.45, 7) is 6.10. The molecule has 0 amide bonds. The van der Waals surface area contributed by atoms with E-state index in [0.717, 1.165) is 18.7 Å². The van der Waals surface area contributed by atoms with Crippen molar-refractivity contribution in [3.63, 3.8) is 0 Å². The van der Waals surface area contributed by atoms with Crippen molar-refractivity contribution in [1.82, 2.24) is 0 Å². The summed E-state index contributed by atoms with van der Waals surface area (Å²) in [6.07, 6.45) is 9.79. The molecule has 1 atom stereocenters. The molecule has 2 aliphatic carbocycles. The van der Waals surface area contributed by atoms with Crippen molar-refractivity contribution in [3.8, 4) is 0 Å². The fourth-order valence-corrected chi connectivity index (χ4v) is 6.46. The first-order chi connectivity index (χ1) is 21.2. The maximum Gasteiger partial charge on any atom is 0.306 e. The number of carbonyl (C=O) groups is 2. The van der Waals surface area contributed by atoms with E-state index in [4.69, 9.17) is 13.8 Å². The highest BCUT2D eigenvalue weighted by Crippen LogP contribution is 2.42. The zero-order valence-electron chi connectivity index (χ0n) is 25.7. The Balaban J connectivity index is 1.70. The van der Waals surface area contributed by atoms with Gasteiger partial charge in [0.25, 0.3) is 20.2 Å². The van der Waals surface area contributed by atoms with Crippen LogP contribution in [0.25, 0.3) is 5.57 Å². The molecule has 3 N–H and O–H groups in total. The summed E-state index contributed by atoms with van der Waals surface area (Å²) in [6, 6.07) is 6.68. The molecular formula is C31H43N2O10S2+. The van der Waals surface area contributed by atoms with Crippen LogP contribution in [0.5, 0.6) is 0 Å². The van der Waals surface area contributed by atoms with Crippen LogP contribution in [-0.4, -0.2) is 97.4 Å². The molecule has 3 rings (SSSR count). The zero-order valence-corrected chi connectivity index (χ0v) is 27.3. The van der Waals surface area contributed by atoms with Gasteiger partial charge in [-0.1, -0.05) is 31.2 Å². The highest BCUT2D eigenvalue weighted by molar-refractivity contribution is 7.86. The van der Waals surface area contributed by atoms with Crippen LogP contribution in [-0.2, 0) is 34.6 Å². The van der Waals surface area contributed by atoms with Gasteiger partial charge in [0.1, 0.15) is 18.8 Å². The average molecular weight is 668 g/mol. The number of rotatable bonds is 18. The lowest BCUT2D eigenvalue weighted by Crippen LogP contribution is -2.36. The monoisotopic (exact) mass is 667 g/mol. The number of hydrogen-bond donors (Lipinski definition) is 3. The number of ether oxygens (including phenoxy) is 1. The van der Waals surface area contributed by atoms with E-state index < -0.39 is 37.7 Å². The van der Waals surface area contributed by atoms with E-state index in [-0.39, 0.29) is 54.9 Å². The first-order valence-electron chi connectivity index (χ1n) is 15.1. The lowest BCUT2D eigenvalue weighted by Gasteiger charge is -2.32. The fraction of sp³-hybridized carbons (Fsp3) is 0.516. The Kier molecular flexibility index (Phi) is 13.1. The van der Waals surface area contributed by atoms with Gasteiger partial charge in [-0.3, -0.25) is 18.7 Å². The molecule has 2 aliphatic rings. The van der Waals surface area contributed by atoms with E-state index in [0.29, 0.717) is 37.2 Å². The maximum atomic E-state index is 13.2. The van der Waals surface area contributed by atoms with Crippen molar-refractivity contribution in [1.29, 1.82) is 0 Å². The van der Waals surface area contributed by atoms with Crippen molar-refractivity contribution in [2.75, 3.05) is 49.2 Å². The van der Waals surface area contributed by atoms with Crippen LogP contribution in [0.15, 0.2) is 54.3 Å². The summed E-state index contributed by atoms with van der Waals surface area (Å²) >= 11 is 0. The Hall–Kier alpha value is -3.33. The summed E-state index contributed by atoms with van der Waals surface area (Å²) in [4.78, 5) is 26.6. The Morgan fingerprint density at radius 2 is 1.49 bits per heavy atom. The number of carbonyl (C=O) groups excluding carboxylic acids is 2. The normalized spacial score (nSPS) is 18.2. The smallest absolute Gasteiger partial charge is 0.306 e. The quantitative estimate of drug-likeness (QED) is 0.119. The standard InChI is InChI=1S/C31H42N2O10S2/c1-3-17-32(18-5-8-27(34)43-4-2)25-13-9-23(10-14-25)28-30(35)29(31(28)36)24-11-15-26(16-12-24)33(19-6-21-44(37,38)39)20-7-22-45(40,41)42/h9-16,23,28H,3-8,17-22H2,1-2H3,(H2-,35,36,37,38,39,40,41,42)/p+1. The first-order valence-corrected chi connectivity index (χ1v) is 18.3. The predicted molar refractivity (Wildman–Crippen MR) is 172 cm³/mol. The Bertz CT molecular complexity index is 1510. The van der Waals surface area contributed by atoms with Gasteiger partial charge in [-0.05, 0) is 37.5 Å². The maximum absolute atomic E-state index is 13.2. The van der Waals surface area contributed by atoms with Gasteiger partial charge in [-0.15, -0.1) is 0 Å². The molecule has 0 saturated carbocycles. The minimum absolute atomic E-state index is 0.00601. The van der Waals surface area contributed by atoms with Gasteiger partial charge in [0.2, 0.25) is 0 Å². The lowest BCUT2D eigenvalue weighted by atomic mass is 9.71. The molecule has 0 fully saturated rings. The molecule has 1 aromatic carbocycles. The fourth-order valence-electron chi connectivity index (χ4n) is 5.47. The highest BCUT2D eigenvalue weighted by atomic mass is 32.2. The molecule has 0 spiro atoms. The summed E-state index contributed by atoms with van der Waals surface area (Å²) < 4.78 is 69.9. The lowest BCUT2D eigenvalue weighted by molar-refractivity contribution is -0.527. The van der Waals surface area contributed by atoms with Gasteiger partial charge in [0.15, 0.2) is 11.5 Å². The molecule has 14 heteroatoms. The average Bonchev–Trinajstić information content (AvgIpc) is 2.96. The third kappa shape index (κ3) is 10.9. The summed E-state index contributed by atoms with van der Waals surface area (Å²) in [5, 5.41) is 10.9. The molecule has 0 heterocycles. The minimum atomic E-state index is -4.17. The second kappa shape index (κ2) is 16.3. The molecule has 0 bridgehead atoms. The van der Waals surface area contributed by atoms with E-state index in [1.807, 2.05) is 24.3 Å². The van der Waals surface area contributed by atoms with Crippen LogP contribution < -0.4 is 4.90 Å². The molecule has 248 valence electrons. The molecule has 0 saturated heterocycles. The Morgan fingerprint density at radius 3 is 1.98 bits per heavy atom. The molecule has 0 radical (unpaired) electrons. The summed E-state index contributed by atoms with van der Waals surface area (Å²) in [5.74, 6) is -2.36. The molecule has 45 heavy (non-hydrogen) atoms. The number of nitrogens with zero attached hydrogens (tertiary/aromatic N) is 2. The third-order valence-electron chi connectivity index (χ3n) is 7.60. The second-order valence-corrected chi connectivity index (χ2v) is 14.2. The van der Waals surface area contributed by atoms with Crippen LogP contribution in [0, 0.1) is 11.8 Å². The molecule has 1 aromatic rings. The summed E-state index contributed by atoms with van der Waals surface area (Å²) in [5.41, 5.74) is 2.33. The van der Waals surface area contributed by atoms with Crippen LogP contribution in [0.3, 0.4) is 0 Å². The largest absolute Gasteiger partial charge is 0.511 e. The van der Waals surface area contributed by atoms with E-state index >= 15 is 0 Å². The van der Waals surface area contributed by atoms with Crippen LogP contribution in [0.1, 0.15) is 51.5 Å². The number of anilines is 1. The molecule has 12 nitrogen and oxygen atoms in total. The number of allylic oxidation sites excluding steroid dienone is 6. The van der Waals surface area contributed by atoms with E-state index in [2.05, 4.69) is 11.5 Å². The van der Waals surface area contributed by atoms with Crippen molar-refractivity contribution >= 4 is 49.0 Å². The molecule has 1 unspecified atom stereocenters. The second-order valence-electron chi connectivity index (χ2n) is 11.0. The Morgan fingerprint density at radius 1 is 0.911 bits per heavy atom. The van der Waals surface area contributed by atoms with Crippen molar-refractivity contribution < 1.29 is 49.9 Å². The van der Waals surface area contributed by atoms with Crippen LogP contribution in [0.2, 0.25) is 0 Å². The predicted octanol–water partition coefficient (Wildman–Crippen LogP) is 3.47. The number of ketones is 1. The van der Waals surface area contributed by atoms with Gasteiger partial charge >= 0.3 is 5.97 Å². The van der Waals surface area contributed by atoms with E-state index in [9.17, 15) is 31.5 Å². The van der Waals surface area contributed by atoms with E-state index in [1.165, 1.54) is 0 Å². The third-order valence-corrected chi connectivity index (χ3v) is 9.21. The Labute approximate surface area is 265 Å². The van der Waals surface area contributed by atoms with Gasteiger partial charge in [-0.25, -0.2) is 4.58 Å². The molecule has 0 aliphatic heterocycles. The van der Waals surface area contributed by atoms with Gasteiger partial charge in [-0.2, -0.15) is 16.8 Å². The number of benzene rings is 1. The van der Waals surface area contributed by atoms with Gasteiger partial charge in [0, 0.05) is 49.7 Å². The van der Waals surface area contributed by atoms with Crippen molar-refractivity contribution in [2.45, 2.75) is 46.0 Å². The van der Waals surface area contributed by atoms with Gasteiger partial charge in [0.05, 0.1) is 36.0 Å². The van der Waals surface area contributed by atoms with Crippen molar-refractivity contribution in [2.24, 2.45) is 11.8 Å². The highest BCUT2D eigenvalue weighted by Gasteiger charge is 2.44. The minimum Gasteiger partial charge on any atom is -0.511 e. The van der Waals surface area contributed by atoms with Gasteiger partial charge < -0.3 is 14.7 Å². The van der Waals surface area contributed by atoms with Crippen molar-refractivity contribution in [3.05, 3.63) is 59.9 Å². The van der Waals surface area contributed by atoms with Crippen LogP contribution in [0.4, 0.5) is 5.69 Å². The number of esters is 1. The van der Waals surface area contributed by atoms with E-state index in [1.54, 1.807) is 36.1 Å². The molecular weight excluding hydrogens is 624 g/mol. The zero-order chi connectivity index (χ0) is 33.2.